The molecule has 3 rings (SSSR count). The van der Waals surface area contributed by atoms with Gasteiger partial charge in [0.15, 0.2) is 0 Å². The average molecular weight is 409 g/mol. The first-order chi connectivity index (χ1) is 14.5. The maximum atomic E-state index is 13.0. The lowest BCUT2D eigenvalue weighted by Gasteiger charge is -2.34. The van der Waals surface area contributed by atoms with E-state index in [1.807, 2.05) is 31.2 Å². The third-order valence-corrected chi connectivity index (χ3v) is 5.01. The molecule has 7 heteroatoms. The molecule has 3 amide bonds. The smallest absolute Gasteiger partial charge is 0.409 e. The number of piperazine rings is 1. The Morgan fingerprint density at radius 2 is 1.57 bits per heavy atom. The van der Waals surface area contributed by atoms with Crippen LogP contribution in [0.4, 0.5) is 10.5 Å². The lowest BCUT2D eigenvalue weighted by Crippen LogP contribution is -2.50. The van der Waals surface area contributed by atoms with E-state index in [9.17, 15) is 14.4 Å². The van der Waals surface area contributed by atoms with Crippen molar-refractivity contribution in [3.63, 3.8) is 0 Å². The Hall–Kier alpha value is -3.35. The van der Waals surface area contributed by atoms with Gasteiger partial charge in [-0.2, -0.15) is 0 Å². The van der Waals surface area contributed by atoms with E-state index in [-0.39, 0.29) is 24.3 Å². The maximum absolute atomic E-state index is 13.0. The van der Waals surface area contributed by atoms with Gasteiger partial charge in [0.1, 0.15) is 0 Å². The van der Waals surface area contributed by atoms with Crippen LogP contribution < -0.4 is 5.32 Å². The molecule has 1 fully saturated rings. The van der Waals surface area contributed by atoms with Crippen molar-refractivity contribution in [2.24, 2.45) is 0 Å². The Kier molecular flexibility index (Phi) is 7.06. The van der Waals surface area contributed by atoms with E-state index >= 15 is 0 Å². The van der Waals surface area contributed by atoms with Crippen LogP contribution in [-0.4, -0.2) is 60.5 Å². The highest BCUT2D eigenvalue weighted by molar-refractivity contribution is 6.04. The van der Waals surface area contributed by atoms with E-state index in [0.29, 0.717) is 44.0 Å². The van der Waals surface area contributed by atoms with Crippen LogP contribution in [0.5, 0.6) is 0 Å². The fourth-order valence-corrected chi connectivity index (χ4v) is 3.34. The van der Waals surface area contributed by atoms with Crippen LogP contribution in [0, 0.1) is 6.92 Å². The van der Waals surface area contributed by atoms with Crippen LogP contribution in [0.1, 0.15) is 28.4 Å². The Bertz CT molecular complexity index is 903. The molecule has 1 saturated heterocycles. The predicted molar refractivity (Wildman–Crippen MR) is 114 cm³/mol. The summed E-state index contributed by atoms with van der Waals surface area (Å²) in [5.74, 6) is -0.337. The minimum atomic E-state index is -0.353. The molecular formula is C23H27N3O4. The van der Waals surface area contributed by atoms with Crippen LogP contribution in [0.3, 0.4) is 0 Å². The summed E-state index contributed by atoms with van der Waals surface area (Å²) in [6.07, 6.45) is -0.116. The number of rotatable bonds is 5. The fraction of sp³-hybridized carbons (Fsp3) is 0.348. The number of para-hydroxylation sites is 1. The minimum absolute atomic E-state index is 0.162. The number of amides is 3. The quantitative estimate of drug-likeness (QED) is 0.823. The summed E-state index contributed by atoms with van der Waals surface area (Å²) < 4.78 is 5.02. The monoisotopic (exact) mass is 409 g/mol. The van der Waals surface area contributed by atoms with E-state index in [1.54, 1.807) is 41.0 Å². The number of carbonyl (C=O) groups excluding carboxylic acids is 3. The van der Waals surface area contributed by atoms with Crippen molar-refractivity contribution < 1.29 is 19.1 Å². The second-order valence-electron chi connectivity index (χ2n) is 7.23. The van der Waals surface area contributed by atoms with Gasteiger partial charge >= 0.3 is 6.09 Å². The zero-order valence-electron chi connectivity index (χ0n) is 17.4. The Labute approximate surface area is 176 Å². The number of nitrogens with zero attached hydrogens (tertiary/aromatic N) is 2. The number of hydrogen-bond donors (Lipinski definition) is 1. The number of carbonyl (C=O) groups is 3. The largest absolute Gasteiger partial charge is 0.450 e. The van der Waals surface area contributed by atoms with Gasteiger partial charge in [-0.1, -0.05) is 42.0 Å². The summed E-state index contributed by atoms with van der Waals surface area (Å²) in [7, 11) is 0. The third-order valence-electron chi connectivity index (χ3n) is 5.01. The first-order valence-corrected chi connectivity index (χ1v) is 10.1. The van der Waals surface area contributed by atoms with Crippen LogP contribution in [0.2, 0.25) is 0 Å². The summed E-state index contributed by atoms with van der Waals surface area (Å²) in [4.78, 5) is 40.7. The van der Waals surface area contributed by atoms with Gasteiger partial charge in [-0.15, -0.1) is 0 Å². The van der Waals surface area contributed by atoms with Gasteiger partial charge in [-0.3, -0.25) is 9.59 Å². The third kappa shape index (κ3) is 5.37. The Morgan fingerprint density at radius 3 is 2.23 bits per heavy atom. The highest BCUT2D eigenvalue weighted by Crippen LogP contribution is 2.19. The molecule has 2 aromatic carbocycles. The number of anilines is 1. The summed E-state index contributed by atoms with van der Waals surface area (Å²) in [5.41, 5.74) is 2.99. The molecule has 1 aliphatic rings. The average Bonchev–Trinajstić information content (AvgIpc) is 2.75. The Balaban J connectivity index is 1.63. The van der Waals surface area contributed by atoms with Crippen molar-refractivity contribution >= 4 is 23.6 Å². The molecule has 1 N–H and O–H groups in total. The molecule has 0 bridgehead atoms. The molecule has 1 aliphatic heterocycles. The molecule has 158 valence electrons. The molecule has 0 aromatic heterocycles. The predicted octanol–water partition coefficient (Wildman–Crippen LogP) is 3.09. The first kappa shape index (κ1) is 21.4. The van der Waals surface area contributed by atoms with Gasteiger partial charge in [0.25, 0.3) is 5.91 Å². The molecule has 0 unspecified atom stereocenters. The molecule has 2 aromatic rings. The number of benzene rings is 2. The van der Waals surface area contributed by atoms with Gasteiger partial charge in [-0.05, 0) is 31.5 Å². The first-order valence-electron chi connectivity index (χ1n) is 10.1. The van der Waals surface area contributed by atoms with Crippen LogP contribution in [0.25, 0.3) is 0 Å². The summed E-state index contributed by atoms with van der Waals surface area (Å²) in [5, 5.41) is 2.87. The van der Waals surface area contributed by atoms with Crippen LogP contribution in [0.15, 0.2) is 48.5 Å². The molecule has 0 saturated carbocycles. The highest BCUT2D eigenvalue weighted by Gasteiger charge is 2.26. The van der Waals surface area contributed by atoms with Crippen molar-refractivity contribution in [1.82, 2.24) is 9.80 Å². The number of hydrogen-bond acceptors (Lipinski definition) is 4. The molecule has 30 heavy (non-hydrogen) atoms. The molecule has 1 heterocycles. The van der Waals surface area contributed by atoms with Gasteiger partial charge in [0, 0.05) is 26.2 Å². The van der Waals surface area contributed by atoms with E-state index in [2.05, 4.69) is 5.32 Å². The second kappa shape index (κ2) is 9.91. The van der Waals surface area contributed by atoms with Gasteiger partial charge < -0.3 is 19.9 Å². The van der Waals surface area contributed by atoms with Crippen molar-refractivity contribution in [3.8, 4) is 0 Å². The van der Waals surface area contributed by atoms with Crippen molar-refractivity contribution in [3.05, 3.63) is 65.2 Å². The lowest BCUT2D eigenvalue weighted by molar-refractivity contribution is -0.115. The van der Waals surface area contributed by atoms with Gasteiger partial charge in [-0.25, -0.2) is 4.79 Å². The molecule has 0 spiro atoms. The molecule has 0 aliphatic carbocycles. The SMILES string of the molecule is CCOC(=O)N1CCN(C(=O)c2ccccc2NC(=O)Cc2ccc(C)cc2)CC1. The molecule has 0 radical (unpaired) electrons. The van der Waals surface area contributed by atoms with Crippen molar-refractivity contribution in [1.29, 1.82) is 0 Å². The highest BCUT2D eigenvalue weighted by atomic mass is 16.6. The zero-order valence-corrected chi connectivity index (χ0v) is 17.4. The van der Waals surface area contributed by atoms with E-state index < -0.39 is 0 Å². The standard InChI is InChI=1S/C23H27N3O4/c1-3-30-23(29)26-14-12-25(13-15-26)22(28)19-6-4-5-7-20(19)24-21(27)16-18-10-8-17(2)9-11-18/h4-11H,3,12-16H2,1-2H3,(H,24,27). The Morgan fingerprint density at radius 1 is 0.933 bits per heavy atom. The molecule has 0 atom stereocenters. The molecule has 7 nitrogen and oxygen atoms in total. The number of aryl methyl sites for hydroxylation is 1. The topological polar surface area (TPSA) is 79.0 Å². The summed E-state index contributed by atoms with van der Waals surface area (Å²) in [6, 6.07) is 14.8. The van der Waals surface area contributed by atoms with Crippen LogP contribution >= 0.6 is 0 Å². The normalized spacial score (nSPS) is 13.7. The second-order valence-corrected chi connectivity index (χ2v) is 7.23. The summed E-state index contributed by atoms with van der Waals surface area (Å²) in [6.45, 7) is 5.78. The fourth-order valence-electron chi connectivity index (χ4n) is 3.34. The number of ether oxygens (including phenoxy) is 1. The maximum Gasteiger partial charge on any atom is 0.409 e. The van der Waals surface area contributed by atoms with E-state index in [4.69, 9.17) is 4.74 Å². The van der Waals surface area contributed by atoms with Crippen LogP contribution in [-0.2, 0) is 16.0 Å². The van der Waals surface area contributed by atoms with E-state index in [1.165, 1.54) is 0 Å². The van der Waals surface area contributed by atoms with Gasteiger partial charge in [0.05, 0.1) is 24.3 Å². The lowest BCUT2D eigenvalue weighted by atomic mass is 10.1. The zero-order chi connectivity index (χ0) is 21.5. The van der Waals surface area contributed by atoms with Gasteiger partial charge in [0.2, 0.25) is 5.91 Å². The minimum Gasteiger partial charge on any atom is -0.450 e. The number of nitrogens with one attached hydrogen (secondary N) is 1. The van der Waals surface area contributed by atoms with E-state index in [0.717, 1.165) is 11.1 Å². The van der Waals surface area contributed by atoms with Crippen molar-refractivity contribution in [2.45, 2.75) is 20.3 Å². The summed E-state index contributed by atoms with van der Waals surface area (Å²) >= 11 is 0. The van der Waals surface area contributed by atoms with Crippen molar-refractivity contribution in [2.75, 3.05) is 38.1 Å². The molecular weight excluding hydrogens is 382 g/mol.